The van der Waals surface area contributed by atoms with Gasteiger partial charge in [-0.25, -0.2) is 5.90 Å². The molecule has 0 bridgehead atoms. The smallest absolute Gasteiger partial charge is 0.116 e. The summed E-state index contributed by atoms with van der Waals surface area (Å²) in [7, 11) is 0. The van der Waals surface area contributed by atoms with E-state index in [4.69, 9.17) is 10.7 Å². The summed E-state index contributed by atoms with van der Waals surface area (Å²) in [5.41, 5.74) is 2.12. The van der Waals surface area contributed by atoms with E-state index in [1.165, 1.54) is 5.39 Å². The molecule has 0 amide bonds. The average molecular weight is 176 g/mol. The molecular weight excluding hydrogens is 164 g/mol. The second-order valence-electron chi connectivity index (χ2n) is 3.09. The quantitative estimate of drug-likeness (QED) is 0.688. The minimum Gasteiger partial charge on any atom is -0.356 e. The van der Waals surface area contributed by atoms with Crippen molar-refractivity contribution in [3.63, 3.8) is 0 Å². The van der Waals surface area contributed by atoms with Crippen LogP contribution in [0.15, 0.2) is 30.3 Å². The topological polar surface area (TPSA) is 51.0 Å². The summed E-state index contributed by atoms with van der Waals surface area (Å²) in [6.07, 6.45) is -0.0904. The number of aromatic nitrogens is 1. The van der Waals surface area contributed by atoms with Crippen LogP contribution in [0.25, 0.3) is 10.9 Å². The van der Waals surface area contributed by atoms with E-state index in [1.807, 2.05) is 31.2 Å². The lowest BCUT2D eigenvalue weighted by Gasteiger charge is -2.04. The van der Waals surface area contributed by atoms with Crippen molar-refractivity contribution in [1.29, 1.82) is 0 Å². The first-order valence-corrected chi connectivity index (χ1v) is 4.24. The maximum atomic E-state index is 5.11. The molecule has 68 valence electrons. The molecule has 1 aromatic heterocycles. The maximum Gasteiger partial charge on any atom is 0.116 e. The largest absolute Gasteiger partial charge is 0.356 e. The van der Waals surface area contributed by atoms with Gasteiger partial charge in [-0.2, -0.15) is 0 Å². The standard InChI is InChI=1S/C10H12N2O/c1-7(13-11)10-6-8-4-2-3-5-9(8)12-10/h2-7,12H,11H2,1H3. The summed E-state index contributed by atoms with van der Waals surface area (Å²) in [6, 6.07) is 10.1. The van der Waals surface area contributed by atoms with E-state index in [0.29, 0.717) is 0 Å². The molecule has 0 saturated carbocycles. The third-order valence-electron chi connectivity index (χ3n) is 2.19. The Balaban J connectivity index is 2.49. The Labute approximate surface area is 76.5 Å². The van der Waals surface area contributed by atoms with Crippen LogP contribution in [-0.4, -0.2) is 4.98 Å². The van der Waals surface area contributed by atoms with Gasteiger partial charge in [-0.15, -0.1) is 0 Å². The predicted molar refractivity (Wildman–Crippen MR) is 52.0 cm³/mol. The molecule has 0 fully saturated rings. The molecule has 0 aliphatic rings. The second kappa shape index (κ2) is 3.20. The van der Waals surface area contributed by atoms with E-state index in [-0.39, 0.29) is 6.10 Å². The van der Waals surface area contributed by atoms with Gasteiger partial charge < -0.3 is 4.98 Å². The number of aromatic amines is 1. The van der Waals surface area contributed by atoms with Gasteiger partial charge in [0, 0.05) is 11.2 Å². The highest BCUT2D eigenvalue weighted by Gasteiger charge is 2.06. The lowest BCUT2D eigenvalue weighted by molar-refractivity contribution is 0.0639. The summed E-state index contributed by atoms with van der Waals surface area (Å²) in [5, 5.41) is 1.18. The molecule has 3 nitrogen and oxygen atoms in total. The lowest BCUT2D eigenvalue weighted by atomic mass is 10.2. The summed E-state index contributed by atoms with van der Waals surface area (Å²) in [6.45, 7) is 1.91. The molecule has 0 saturated heterocycles. The van der Waals surface area contributed by atoms with Gasteiger partial charge in [-0.05, 0) is 24.4 Å². The first-order chi connectivity index (χ1) is 6.31. The highest BCUT2D eigenvalue weighted by Crippen LogP contribution is 2.20. The van der Waals surface area contributed by atoms with Crippen molar-refractivity contribution in [2.24, 2.45) is 5.90 Å². The van der Waals surface area contributed by atoms with Crippen LogP contribution in [0.1, 0.15) is 18.7 Å². The number of hydrogen-bond acceptors (Lipinski definition) is 2. The van der Waals surface area contributed by atoms with Crippen LogP contribution in [0.2, 0.25) is 0 Å². The maximum absolute atomic E-state index is 5.11. The Morgan fingerprint density at radius 2 is 2.15 bits per heavy atom. The van der Waals surface area contributed by atoms with Gasteiger partial charge in [0.2, 0.25) is 0 Å². The molecule has 1 aromatic carbocycles. The Morgan fingerprint density at radius 1 is 1.38 bits per heavy atom. The molecule has 0 radical (unpaired) electrons. The third kappa shape index (κ3) is 1.43. The van der Waals surface area contributed by atoms with Crippen LogP contribution in [0, 0.1) is 0 Å². The van der Waals surface area contributed by atoms with Crippen LogP contribution < -0.4 is 5.90 Å². The van der Waals surface area contributed by atoms with E-state index >= 15 is 0 Å². The number of fused-ring (bicyclic) bond motifs is 1. The zero-order valence-electron chi connectivity index (χ0n) is 7.45. The molecule has 13 heavy (non-hydrogen) atoms. The van der Waals surface area contributed by atoms with Gasteiger partial charge in [0.25, 0.3) is 0 Å². The zero-order chi connectivity index (χ0) is 9.26. The fraction of sp³-hybridized carbons (Fsp3) is 0.200. The third-order valence-corrected chi connectivity index (χ3v) is 2.19. The number of hydrogen-bond donors (Lipinski definition) is 2. The number of rotatable bonds is 2. The highest BCUT2D eigenvalue weighted by atomic mass is 16.6. The van der Waals surface area contributed by atoms with E-state index < -0.39 is 0 Å². The Hall–Kier alpha value is -1.32. The summed E-state index contributed by atoms with van der Waals surface area (Å²) in [5.74, 6) is 5.11. The minimum atomic E-state index is -0.0904. The summed E-state index contributed by atoms with van der Waals surface area (Å²) < 4.78 is 0. The SMILES string of the molecule is CC(ON)c1cc2ccccc2[nH]1. The van der Waals surface area contributed by atoms with Crippen molar-refractivity contribution in [2.75, 3.05) is 0 Å². The van der Waals surface area contributed by atoms with Gasteiger partial charge in [0.1, 0.15) is 6.10 Å². The molecule has 0 spiro atoms. The Morgan fingerprint density at radius 3 is 2.85 bits per heavy atom. The van der Waals surface area contributed by atoms with Crippen molar-refractivity contribution < 1.29 is 4.84 Å². The predicted octanol–water partition coefficient (Wildman–Crippen LogP) is 2.12. The van der Waals surface area contributed by atoms with Crippen molar-refractivity contribution in [3.8, 4) is 0 Å². The molecule has 1 unspecified atom stereocenters. The van der Waals surface area contributed by atoms with Crippen molar-refractivity contribution in [3.05, 3.63) is 36.0 Å². The van der Waals surface area contributed by atoms with Crippen LogP contribution >= 0.6 is 0 Å². The van der Waals surface area contributed by atoms with E-state index in [2.05, 4.69) is 11.1 Å². The lowest BCUT2D eigenvalue weighted by Crippen LogP contribution is -2.05. The molecule has 0 aliphatic heterocycles. The average Bonchev–Trinajstić information content (AvgIpc) is 2.59. The summed E-state index contributed by atoms with van der Waals surface area (Å²) >= 11 is 0. The van der Waals surface area contributed by atoms with Gasteiger partial charge in [0.15, 0.2) is 0 Å². The number of H-pyrrole nitrogens is 1. The van der Waals surface area contributed by atoms with E-state index in [0.717, 1.165) is 11.2 Å². The van der Waals surface area contributed by atoms with Gasteiger partial charge in [-0.3, -0.25) is 4.84 Å². The Bertz CT molecular complexity index is 375. The fourth-order valence-corrected chi connectivity index (χ4v) is 1.39. The number of benzene rings is 1. The van der Waals surface area contributed by atoms with Crippen LogP contribution in [0.3, 0.4) is 0 Å². The highest BCUT2D eigenvalue weighted by molar-refractivity contribution is 5.80. The summed E-state index contributed by atoms with van der Waals surface area (Å²) in [4.78, 5) is 7.98. The number of nitrogens with one attached hydrogen (secondary N) is 1. The van der Waals surface area contributed by atoms with Gasteiger partial charge >= 0.3 is 0 Å². The number of nitrogens with two attached hydrogens (primary N) is 1. The van der Waals surface area contributed by atoms with Crippen molar-refractivity contribution >= 4 is 10.9 Å². The molecule has 0 aliphatic carbocycles. The molecular formula is C10H12N2O. The molecule has 3 N–H and O–H groups in total. The molecule has 1 atom stereocenters. The first kappa shape index (κ1) is 8.29. The van der Waals surface area contributed by atoms with Crippen molar-refractivity contribution in [1.82, 2.24) is 4.98 Å². The molecule has 1 heterocycles. The van der Waals surface area contributed by atoms with Gasteiger partial charge in [-0.1, -0.05) is 18.2 Å². The van der Waals surface area contributed by atoms with Crippen molar-refractivity contribution in [2.45, 2.75) is 13.0 Å². The van der Waals surface area contributed by atoms with Gasteiger partial charge in [0.05, 0.1) is 0 Å². The monoisotopic (exact) mass is 176 g/mol. The second-order valence-corrected chi connectivity index (χ2v) is 3.09. The van der Waals surface area contributed by atoms with Crippen LogP contribution in [-0.2, 0) is 4.84 Å². The molecule has 3 heteroatoms. The zero-order valence-corrected chi connectivity index (χ0v) is 7.45. The number of para-hydroxylation sites is 1. The molecule has 2 rings (SSSR count). The molecule has 2 aromatic rings. The van der Waals surface area contributed by atoms with E-state index in [1.54, 1.807) is 0 Å². The normalized spacial score (nSPS) is 13.4. The van der Waals surface area contributed by atoms with E-state index in [9.17, 15) is 0 Å². The van der Waals surface area contributed by atoms with Crippen LogP contribution in [0.4, 0.5) is 0 Å². The minimum absolute atomic E-state index is 0.0904. The first-order valence-electron chi connectivity index (χ1n) is 4.24. The Kier molecular flexibility index (Phi) is 2.04. The van der Waals surface area contributed by atoms with Crippen LogP contribution in [0.5, 0.6) is 0 Å². The fourth-order valence-electron chi connectivity index (χ4n) is 1.39.